The number of carbonyl (C=O) groups excluding carboxylic acids is 2. The van der Waals surface area contributed by atoms with Gasteiger partial charge in [0.05, 0.1) is 11.3 Å². The number of hydrogen-bond donors (Lipinski definition) is 2. The summed E-state index contributed by atoms with van der Waals surface area (Å²) in [5, 5.41) is 5.80. The standard InChI is InChI=1S/C19H30N2O2/c1-13(18(2,3)4)12-16(22)20-15-11-9-8-10-14(15)17(23)21-19(5,6)7/h8-11,13H,12H2,1-7H3,(H,20,22)(H,21,23). The molecule has 0 aliphatic heterocycles. The molecule has 0 aliphatic rings. The van der Waals surface area contributed by atoms with Crippen molar-refractivity contribution in [1.82, 2.24) is 5.32 Å². The Labute approximate surface area is 140 Å². The van der Waals surface area contributed by atoms with Crippen LogP contribution < -0.4 is 10.6 Å². The molecule has 4 nitrogen and oxygen atoms in total. The van der Waals surface area contributed by atoms with E-state index in [2.05, 4.69) is 38.3 Å². The van der Waals surface area contributed by atoms with E-state index in [4.69, 9.17) is 0 Å². The second kappa shape index (κ2) is 7.16. The Bertz CT molecular complexity index is 565. The third-order valence-corrected chi connectivity index (χ3v) is 3.90. The Morgan fingerprint density at radius 2 is 1.61 bits per heavy atom. The number of amides is 2. The molecule has 128 valence electrons. The van der Waals surface area contributed by atoms with Crippen LogP contribution in [-0.4, -0.2) is 17.4 Å². The van der Waals surface area contributed by atoms with Crippen LogP contribution in [0.15, 0.2) is 24.3 Å². The fourth-order valence-corrected chi connectivity index (χ4v) is 1.98. The second-order valence-electron chi connectivity index (χ2n) is 8.27. The Morgan fingerprint density at radius 1 is 1.04 bits per heavy atom. The molecule has 0 saturated carbocycles. The van der Waals surface area contributed by atoms with E-state index in [0.29, 0.717) is 17.7 Å². The van der Waals surface area contributed by atoms with Gasteiger partial charge >= 0.3 is 0 Å². The molecular formula is C19H30N2O2. The highest BCUT2D eigenvalue weighted by Gasteiger charge is 2.23. The average molecular weight is 318 g/mol. The molecule has 0 aliphatic carbocycles. The van der Waals surface area contributed by atoms with Gasteiger partial charge in [-0.25, -0.2) is 0 Å². The first kappa shape index (κ1) is 19.2. The molecule has 0 radical (unpaired) electrons. The molecule has 4 heteroatoms. The number of rotatable bonds is 4. The maximum absolute atomic E-state index is 12.4. The summed E-state index contributed by atoms with van der Waals surface area (Å²) in [7, 11) is 0. The van der Waals surface area contributed by atoms with Gasteiger partial charge in [0.1, 0.15) is 0 Å². The summed E-state index contributed by atoms with van der Waals surface area (Å²) in [5.74, 6) is -0.00114. The van der Waals surface area contributed by atoms with Gasteiger partial charge in [0.25, 0.3) is 5.91 Å². The topological polar surface area (TPSA) is 58.2 Å². The first-order valence-electron chi connectivity index (χ1n) is 8.11. The van der Waals surface area contributed by atoms with Crippen molar-refractivity contribution in [1.29, 1.82) is 0 Å². The zero-order chi connectivity index (χ0) is 17.8. The normalized spacial score (nSPS) is 13.3. The highest BCUT2D eigenvalue weighted by atomic mass is 16.2. The van der Waals surface area contributed by atoms with Crippen molar-refractivity contribution < 1.29 is 9.59 Å². The van der Waals surface area contributed by atoms with E-state index in [1.807, 2.05) is 26.8 Å². The van der Waals surface area contributed by atoms with Gasteiger partial charge < -0.3 is 10.6 Å². The van der Waals surface area contributed by atoms with E-state index in [-0.39, 0.29) is 28.7 Å². The van der Waals surface area contributed by atoms with Crippen LogP contribution in [0.2, 0.25) is 0 Å². The maximum atomic E-state index is 12.4. The van der Waals surface area contributed by atoms with Gasteiger partial charge in [-0.1, -0.05) is 39.8 Å². The van der Waals surface area contributed by atoms with Gasteiger partial charge in [-0.05, 0) is 44.2 Å². The first-order valence-corrected chi connectivity index (χ1v) is 8.11. The van der Waals surface area contributed by atoms with Crippen LogP contribution >= 0.6 is 0 Å². The van der Waals surface area contributed by atoms with Crippen LogP contribution in [0.5, 0.6) is 0 Å². The van der Waals surface area contributed by atoms with Crippen LogP contribution in [0.4, 0.5) is 5.69 Å². The lowest BCUT2D eigenvalue weighted by Gasteiger charge is -2.27. The van der Waals surface area contributed by atoms with Crippen molar-refractivity contribution in [3.8, 4) is 0 Å². The van der Waals surface area contributed by atoms with Crippen LogP contribution in [0, 0.1) is 11.3 Å². The molecule has 1 unspecified atom stereocenters. The summed E-state index contributed by atoms with van der Waals surface area (Å²) in [6, 6.07) is 7.10. The highest BCUT2D eigenvalue weighted by Crippen LogP contribution is 2.28. The summed E-state index contributed by atoms with van der Waals surface area (Å²) in [6.07, 6.45) is 0.429. The molecule has 2 N–H and O–H groups in total. The Balaban J connectivity index is 2.86. The molecule has 1 aromatic rings. The fourth-order valence-electron chi connectivity index (χ4n) is 1.98. The average Bonchev–Trinajstić information content (AvgIpc) is 2.35. The molecule has 0 saturated heterocycles. The van der Waals surface area contributed by atoms with E-state index in [9.17, 15) is 9.59 Å². The predicted molar refractivity (Wildman–Crippen MR) is 95.5 cm³/mol. The maximum Gasteiger partial charge on any atom is 0.253 e. The number of carbonyl (C=O) groups is 2. The van der Waals surface area contributed by atoms with Gasteiger partial charge in [0.2, 0.25) is 5.91 Å². The molecule has 0 heterocycles. The first-order chi connectivity index (χ1) is 10.4. The quantitative estimate of drug-likeness (QED) is 0.873. The molecule has 1 rings (SSSR count). The molecule has 23 heavy (non-hydrogen) atoms. The molecule has 0 spiro atoms. The summed E-state index contributed by atoms with van der Waals surface area (Å²) in [5.41, 5.74) is 0.787. The lowest BCUT2D eigenvalue weighted by molar-refractivity contribution is -0.117. The lowest BCUT2D eigenvalue weighted by atomic mass is 9.80. The second-order valence-corrected chi connectivity index (χ2v) is 8.27. The Morgan fingerprint density at radius 3 is 2.13 bits per heavy atom. The van der Waals surface area contributed by atoms with E-state index >= 15 is 0 Å². The molecule has 0 fully saturated rings. The van der Waals surface area contributed by atoms with E-state index in [0.717, 1.165) is 0 Å². The number of anilines is 1. The largest absolute Gasteiger partial charge is 0.347 e. The Hall–Kier alpha value is -1.84. The van der Waals surface area contributed by atoms with E-state index < -0.39 is 0 Å². The SMILES string of the molecule is CC(CC(=O)Nc1ccccc1C(=O)NC(C)(C)C)C(C)(C)C. The number of nitrogens with one attached hydrogen (secondary N) is 2. The summed E-state index contributed by atoms with van der Waals surface area (Å²) in [6.45, 7) is 14.2. The highest BCUT2D eigenvalue weighted by molar-refractivity contribution is 6.04. The zero-order valence-corrected chi connectivity index (χ0v) is 15.4. The van der Waals surface area contributed by atoms with Crippen LogP contribution in [0.25, 0.3) is 0 Å². The van der Waals surface area contributed by atoms with Gasteiger partial charge in [-0.3, -0.25) is 9.59 Å². The van der Waals surface area contributed by atoms with Gasteiger partial charge in [0, 0.05) is 12.0 Å². The van der Waals surface area contributed by atoms with Crippen molar-refractivity contribution in [2.45, 2.75) is 60.4 Å². The molecular weight excluding hydrogens is 288 g/mol. The number of benzene rings is 1. The van der Waals surface area contributed by atoms with Crippen molar-refractivity contribution in [3.05, 3.63) is 29.8 Å². The van der Waals surface area contributed by atoms with Crippen LogP contribution in [-0.2, 0) is 4.79 Å². The third kappa shape index (κ3) is 6.43. The summed E-state index contributed by atoms with van der Waals surface area (Å²) < 4.78 is 0. The molecule has 1 aromatic carbocycles. The lowest BCUT2D eigenvalue weighted by Crippen LogP contribution is -2.40. The van der Waals surface area contributed by atoms with Gasteiger partial charge in [-0.15, -0.1) is 0 Å². The van der Waals surface area contributed by atoms with E-state index in [1.54, 1.807) is 18.2 Å². The predicted octanol–water partition coefficient (Wildman–Crippen LogP) is 4.23. The van der Waals surface area contributed by atoms with Crippen LogP contribution in [0.1, 0.15) is 65.2 Å². The van der Waals surface area contributed by atoms with E-state index in [1.165, 1.54) is 0 Å². The molecule has 0 bridgehead atoms. The van der Waals surface area contributed by atoms with Gasteiger partial charge in [0.15, 0.2) is 0 Å². The number of hydrogen-bond acceptors (Lipinski definition) is 2. The van der Waals surface area contributed by atoms with Crippen molar-refractivity contribution >= 4 is 17.5 Å². The van der Waals surface area contributed by atoms with Crippen LogP contribution in [0.3, 0.4) is 0 Å². The molecule has 2 amide bonds. The van der Waals surface area contributed by atoms with Crippen molar-refractivity contribution in [2.24, 2.45) is 11.3 Å². The fraction of sp³-hybridized carbons (Fsp3) is 0.579. The molecule has 0 aromatic heterocycles. The smallest absolute Gasteiger partial charge is 0.253 e. The minimum Gasteiger partial charge on any atom is -0.347 e. The van der Waals surface area contributed by atoms with Crippen molar-refractivity contribution in [3.63, 3.8) is 0 Å². The number of para-hydroxylation sites is 1. The molecule has 1 atom stereocenters. The summed E-state index contributed by atoms with van der Waals surface area (Å²) in [4.78, 5) is 24.7. The van der Waals surface area contributed by atoms with Gasteiger partial charge in [-0.2, -0.15) is 0 Å². The monoisotopic (exact) mass is 318 g/mol. The zero-order valence-electron chi connectivity index (χ0n) is 15.4. The minimum atomic E-state index is -0.324. The van der Waals surface area contributed by atoms with Crippen molar-refractivity contribution in [2.75, 3.05) is 5.32 Å². The Kier molecular flexibility index (Phi) is 5.98. The minimum absolute atomic E-state index is 0.0663. The summed E-state index contributed by atoms with van der Waals surface area (Å²) >= 11 is 0. The third-order valence-electron chi connectivity index (χ3n) is 3.90.